The highest BCUT2D eigenvalue weighted by Crippen LogP contribution is 2.28. The fraction of sp³-hybridized carbons (Fsp3) is 0.700. The lowest BCUT2D eigenvalue weighted by molar-refractivity contribution is -0.132. The zero-order valence-corrected chi connectivity index (χ0v) is 18.0. The molecule has 0 atom stereocenters. The van der Waals surface area contributed by atoms with Crippen molar-refractivity contribution in [2.45, 2.75) is 56.3 Å². The van der Waals surface area contributed by atoms with Gasteiger partial charge in [0.15, 0.2) is 0 Å². The monoisotopic (exact) mass is 424 g/mol. The second-order valence-electron chi connectivity index (χ2n) is 8.22. The first-order valence-corrected chi connectivity index (χ1v) is 12.0. The molecule has 2 heterocycles. The Kier molecular flexibility index (Phi) is 7.00. The minimum Gasteiger partial charge on any atom is -0.364 e. The maximum Gasteiger partial charge on any atom is 0.265 e. The molecule has 2 aliphatic rings. The molecule has 0 radical (unpaired) electrons. The van der Waals surface area contributed by atoms with Crippen LogP contribution in [0.5, 0.6) is 0 Å². The number of piperazine rings is 1. The van der Waals surface area contributed by atoms with Gasteiger partial charge in [-0.1, -0.05) is 32.1 Å². The molecule has 1 aromatic heterocycles. The Morgan fingerprint density at radius 1 is 1.10 bits per heavy atom. The molecule has 2 N–H and O–H groups in total. The van der Waals surface area contributed by atoms with Crippen LogP contribution in [0.2, 0.25) is 0 Å². The van der Waals surface area contributed by atoms with Crippen LogP contribution in [0.15, 0.2) is 17.2 Å². The maximum absolute atomic E-state index is 12.9. The minimum atomic E-state index is -3.71. The van der Waals surface area contributed by atoms with Gasteiger partial charge in [0.1, 0.15) is 10.6 Å². The second kappa shape index (κ2) is 9.30. The molecule has 0 spiro atoms. The van der Waals surface area contributed by atoms with E-state index in [1.54, 1.807) is 11.9 Å². The number of nitrogens with two attached hydrogens (primary N) is 1. The summed E-state index contributed by atoms with van der Waals surface area (Å²) in [6.45, 7) is 1.32. The van der Waals surface area contributed by atoms with E-state index >= 15 is 0 Å². The molecule has 0 unspecified atom stereocenters. The quantitative estimate of drug-likeness (QED) is 0.719. The predicted molar refractivity (Wildman–Crippen MR) is 110 cm³/mol. The number of carbonyl (C=O) groups is 2. The van der Waals surface area contributed by atoms with Crippen LogP contribution in [0, 0.1) is 5.92 Å². The number of carbonyl (C=O) groups excluding carboxylic acids is 2. The summed E-state index contributed by atoms with van der Waals surface area (Å²) in [6.07, 6.45) is 10.5. The second-order valence-corrected chi connectivity index (χ2v) is 10.2. The zero-order chi connectivity index (χ0) is 21.0. The summed E-state index contributed by atoms with van der Waals surface area (Å²) in [5.74, 6) is 0.223. The maximum atomic E-state index is 12.9. The van der Waals surface area contributed by atoms with Crippen LogP contribution in [0.1, 0.15) is 61.9 Å². The lowest BCUT2D eigenvalue weighted by Crippen LogP contribution is -2.50. The lowest BCUT2D eigenvalue weighted by atomic mass is 9.86. The van der Waals surface area contributed by atoms with E-state index in [1.807, 2.05) is 0 Å². The molecule has 9 heteroatoms. The first kappa shape index (κ1) is 21.8. The minimum absolute atomic E-state index is 0.0565. The fourth-order valence-corrected chi connectivity index (χ4v) is 5.92. The summed E-state index contributed by atoms with van der Waals surface area (Å²) in [5.41, 5.74) is 5.42. The van der Waals surface area contributed by atoms with Crippen molar-refractivity contribution in [1.82, 2.24) is 13.8 Å². The van der Waals surface area contributed by atoms with E-state index in [9.17, 15) is 18.0 Å². The SMILES string of the molecule is Cn1cc(S(=O)(=O)N2CCN(C(=O)CCCC3CCCCC3)CC2)cc1C(N)=O. The normalized spacial score (nSPS) is 19.4. The summed E-state index contributed by atoms with van der Waals surface area (Å²) in [5, 5.41) is 0. The van der Waals surface area contributed by atoms with Crippen molar-refractivity contribution in [3.63, 3.8) is 0 Å². The summed E-state index contributed by atoms with van der Waals surface area (Å²) < 4.78 is 28.5. The van der Waals surface area contributed by atoms with E-state index in [1.165, 1.54) is 53.2 Å². The Balaban J connectivity index is 1.49. The van der Waals surface area contributed by atoms with Crippen LogP contribution < -0.4 is 5.73 Å². The molecule has 1 saturated heterocycles. The standard InChI is InChI=1S/C20H32N4O4S/c1-22-15-17(14-18(22)20(21)26)29(27,28)24-12-10-23(11-13-24)19(25)9-5-8-16-6-3-2-4-7-16/h14-16H,2-13H2,1H3,(H2,21,26). The van der Waals surface area contributed by atoms with Crippen LogP contribution in [0.4, 0.5) is 0 Å². The number of hydrogen-bond donors (Lipinski definition) is 1. The number of amides is 2. The molecule has 3 rings (SSSR count). The van der Waals surface area contributed by atoms with Crippen molar-refractivity contribution >= 4 is 21.8 Å². The van der Waals surface area contributed by atoms with E-state index in [4.69, 9.17) is 5.73 Å². The molecule has 29 heavy (non-hydrogen) atoms. The van der Waals surface area contributed by atoms with Crippen LogP contribution in [-0.4, -0.2) is 60.2 Å². The Morgan fingerprint density at radius 2 is 1.76 bits per heavy atom. The van der Waals surface area contributed by atoms with E-state index in [0.717, 1.165) is 18.8 Å². The number of rotatable bonds is 7. The third-order valence-electron chi connectivity index (χ3n) is 6.19. The molecule has 1 saturated carbocycles. The molecule has 1 aromatic rings. The largest absolute Gasteiger partial charge is 0.364 e. The topological polar surface area (TPSA) is 106 Å². The Hall–Kier alpha value is -1.87. The summed E-state index contributed by atoms with van der Waals surface area (Å²) >= 11 is 0. The molecular formula is C20H32N4O4S. The number of primary amides is 1. The fourth-order valence-electron chi connectivity index (χ4n) is 4.42. The summed E-state index contributed by atoms with van der Waals surface area (Å²) in [7, 11) is -2.12. The van der Waals surface area contributed by atoms with E-state index in [-0.39, 0.29) is 29.6 Å². The highest BCUT2D eigenvalue weighted by Gasteiger charge is 2.31. The first-order chi connectivity index (χ1) is 13.8. The van der Waals surface area contributed by atoms with Gasteiger partial charge in [-0.25, -0.2) is 8.42 Å². The number of nitrogens with zero attached hydrogens (tertiary/aromatic N) is 3. The van der Waals surface area contributed by atoms with Gasteiger partial charge in [-0.2, -0.15) is 4.31 Å². The van der Waals surface area contributed by atoms with Gasteiger partial charge >= 0.3 is 0 Å². The van der Waals surface area contributed by atoms with E-state index < -0.39 is 15.9 Å². The molecule has 1 aliphatic carbocycles. The van der Waals surface area contributed by atoms with Crippen molar-refractivity contribution in [2.24, 2.45) is 18.7 Å². The molecule has 0 aromatic carbocycles. The Morgan fingerprint density at radius 3 is 2.34 bits per heavy atom. The van der Waals surface area contributed by atoms with Gasteiger partial charge in [0, 0.05) is 45.8 Å². The molecular weight excluding hydrogens is 392 g/mol. The van der Waals surface area contributed by atoms with Crippen LogP contribution >= 0.6 is 0 Å². The molecule has 8 nitrogen and oxygen atoms in total. The molecule has 1 aliphatic heterocycles. The van der Waals surface area contributed by atoms with E-state index in [2.05, 4.69) is 0 Å². The molecule has 2 amide bonds. The van der Waals surface area contributed by atoms with Gasteiger partial charge < -0.3 is 15.2 Å². The first-order valence-electron chi connectivity index (χ1n) is 10.5. The molecule has 0 bridgehead atoms. The molecule has 2 fully saturated rings. The van der Waals surface area contributed by atoms with Gasteiger partial charge in [-0.3, -0.25) is 9.59 Å². The highest BCUT2D eigenvalue weighted by molar-refractivity contribution is 7.89. The number of sulfonamides is 1. The van der Waals surface area contributed by atoms with Crippen LogP contribution in [0.3, 0.4) is 0 Å². The van der Waals surface area contributed by atoms with Crippen molar-refractivity contribution in [3.8, 4) is 0 Å². The average Bonchev–Trinajstić information content (AvgIpc) is 3.11. The Labute approximate surface area is 173 Å². The number of hydrogen-bond acceptors (Lipinski definition) is 4. The average molecular weight is 425 g/mol. The van der Waals surface area contributed by atoms with Gasteiger partial charge in [0.2, 0.25) is 15.9 Å². The predicted octanol–water partition coefficient (Wildman–Crippen LogP) is 1.71. The van der Waals surface area contributed by atoms with Crippen molar-refractivity contribution in [3.05, 3.63) is 18.0 Å². The third kappa shape index (κ3) is 5.19. The van der Waals surface area contributed by atoms with Crippen molar-refractivity contribution in [2.75, 3.05) is 26.2 Å². The van der Waals surface area contributed by atoms with Gasteiger partial charge in [0.25, 0.3) is 5.91 Å². The number of aromatic nitrogens is 1. The zero-order valence-electron chi connectivity index (χ0n) is 17.2. The van der Waals surface area contributed by atoms with E-state index in [0.29, 0.717) is 19.5 Å². The lowest BCUT2D eigenvalue weighted by Gasteiger charge is -2.34. The Bertz CT molecular complexity index is 835. The summed E-state index contributed by atoms with van der Waals surface area (Å²) in [4.78, 5) is 25.7. The smallest absolute Gasteiger partial charge is 0.265 e. The highest BCUT2D eigenvalue weighted by atomic mass is 32.2. The van der Waals surface area contributed by atoms with Crippen LogP contribution in [0.25, 0.3) is 0 Å². The third-order valence-corrected chi connectivity index (χ3v) is 8.05. The molecule has 162 valence electrons. The van der Waals surface area contributed by atoms with Crippen molar-refractivity contribution in [1.29, 1.82) is 0 Å². The van der Waals surface area contributed by atoms with Gasteiger partial charge in [0.05, 0.1) is 0 Å². The van der Waals surface area contributed by atoms with Crippen LogP contribution in [-0.2, 0) is 21.9 Å². The number of aryl methyl sites for hydroxylation is 1. The van der Waals surface area contributed by atoms with Gasteiger partial charge in [-0.05, 0) is 24.8 Å². The van der Waals surface area contributed by atoms with Gasteiger partial charge in [-0.15, -0.1) is 0 Å². The van der Waals surface area contributed by atoms with Crippen molar-refractivity contribution < 1.29 is 18.0 Å². The summed E-state index contributed by atoms with van der Waals surface area (Å²) in [6, 6.07) is 1.31.